The van der Waals surface area contributed by atoms with Gasteiger partial charge in [0, 0.05) is 5.56 Å². The fourth-order valence-electron chi connectivity index (χ4n) is 2.32. The monoisotopic (exact) mass is 332 g/mol. The lowest BCUT2D eigenvalue weighted by molar-refractivity contribution is 0.599. The normalized spacial score (nSPS) is 10.7. The van der Waals surface area contributed by atoms with E-state index in [1.54, 1.807) is 12.1 Å². The summed E-state index contributed by atoms with van der Waals surface area (Å²) in [4.78, 5) is 0.296. The first-order valence-electron chi connectivity index (χ1n) is 7.57. The topological polar surface area (TPSA) is 34.1 Å². The van der Waals surface area contributed by atoms with E-state index in [0.29, 0.717) is 4.90 Å². The van der Waals surface area contributed by atoms with Crippen molar-refractivity contribution in [3.8, 4) is 23.0 Å². The van der Waals surface area contributed by atoms with Crippen LogP contribution in [-0.4, -0.2) is 14.2 Å². The van der Waals surface area contributed by atoms with E-state index in [9.17, 15) is 8.42 Å². The Morgan fingerprint density at radius 3 is 1.83 bits per heavy atom. The summed E-state index contributed by atoms with van der Waals surface area (Å²) in [5, 5.41) is 0. The van der Waals surface area contributed by atoms with Gasteiger partial charge in [0.1, 0.15) is 5.75 Å². The van der Waals surface area contributed by atoms with Crippen LogP contribution in [0.1, 0.15) is 5.56 Å². The maximum Gasteiger partial charge on any atom is 0.189 e. The number of sulfone groups is 1. The van der Waals surface area contributed by atoms with Gasteiger partial charge in [-0.05, 0) is 35.4 Å². The third-order valence-electron chi connectivity index (χ3n) is 3.59. The molecule has 0 bridgehead atoms. The fourth-order valence-corrected chi connectivity index (χ4v) is 3.30. The third-order valence-corrected chi connectivity index (χ3v) is 5.10. The highest BCUT2D eigenvalue weighted by Gasteiger charge is 2.12. The number of rotatable bonds is 3. The molecule has 24 heavy (non-hydrogen) atoms. The molecule has 0 aromatic heterocycles. The molecule has 0 spiro atoms. The van der Waals surface area contributed by atoms with Crippen LogP contribution in [0.15, 0.2) is 89.8 Å². The Bertz CT molecular complexity index is 963. The molecule has 0 saturated heterocycles. The summed E-state index contributed by atoms with van der Waals surface area (Å²) in [6, 6.07) is 26.2. The Kier molecular flexibility index (Phi) is 4.79. The lowest BCUT2D eigenvalue weighted by Gasteiger charge is -2.04. The second-order valence-electron chi connectivity index (χ2n) is 5.32. The first-order valence-corrected chi connectivity index (χ1v) is 9.22. The maximum absolute atomic E-state index is 12.4. The van der Waals surface area contributed by atoms with Gasteiger partial charge in [0.05, 0.1) is 4.90 Å². The van der Waals surface area contributed by atoms with Crippen molar-refractivity contribution in [1.29, 1.82) is 0 Å². The van der Waals surface area contributed by atoms with Crippen LogP contribution in [0.4, 0.5) is 0 Å². The molecule has 2 nitrogen and oxygen atoms in total. The standard InChI is InChI=1S/C21H16O2S/c22-24(23,17-7-10-18-8-3-1-4-9-18)21-15-13-20(14-16-21)19-11-5-2-6-12-19/h1-6,8-9,11-16H,17H2. The molecule has 3 aromatic carbocycles. The van der Waals surface area contributed by atoms with Crippen LogP contribution in [0.5, 0.6) is 0 Å². The second-order valence-corrected chi connectivity index (χ2v) is 7.31. The minimum Gasteiger partial charge on any atom is -0.223 e. The summed E-state index contributed by atoms with van der Waals surface area (Å²) in [5.41, 5.74) is 2.86. The van der Waals surface area contributed by atoms with Crippen LogP contribution in [0, 0.1) is 11.8 Å². The fraction of sp³-hybridized carbons (Fsp3) is 0.0476. The van der Waals surface area contributed by atoms with Gasteiger partial charge >= 0.3 is 0 Å². The Morgan fingerprint density at radius 2 is 1.21 bits per heavy atom. The maximum atomic E-state index is 12.4. The SMILES string of the molecule is O=S(=O)(CC#Cc1ccccc1)c1ccc(-c2ccccc2)cc1. The molecular weight excluding hydrogens is 316 g/mol. The van der Waals surface area contributed by atoms with Crippen molar-refractivity contribution in [1.82, 2.24) is 0 Å². The highest BCUT2D eigenvalue weighted by atomic mass is 32.2. The lowest BCUT2D eigenvalue weighted by Crippen LogP contribution is -2.04. The molecule has 0 amide bonds. The highest BCUT2D eigenvalue weighted by molar-refractivity contribution is 7.91. The average molecular weight is 332 g/mol. The van der Waals surface area contributed by atoms with Gasteiger partial charge in [-0.1, -0.05) is 72.5 Å². The highest BCUT2D eigenvalue weighted by Crippen LogP contribution is 2.21. The van der Waals surface area contributed by atoms with Crippen molar-refractivity contribution in [2.75, 3.05) is 5.75 Å². The Balaban J connectivity index is 1.77. The molecule has 0 aliphatic carbocycles. The summed E-state index contributed by atoms with van der Waals surface area (Å²) in [6.45, 7) is 0. The van der Waals surface area contributed by atoms with Gasteiger partial charge < -0.3 is 0 Å². The van der Waals surface area contributed by atoms with Gasteiger partial charge in [-0.2, -0.15) is 0 Å². The first-order chi connectivity index (χ1) is 11.6. The van der Waals surface area contributed by atoms with Crippen LogP contribution in [0.2, 0.25) is 0 Å². The third kappa shape index (κ3) is 3.92. The van der Waals surface area contributed by atoms with Crippen molar-refractivity contribution in [2.45, 2.75) is 4.90 Å². The van der Waals surface area contributed by atoms with E-state index in [4.69, 9.17) is 0 Å². The molecule has 0 aliphatic heterocycles. The van der Waals surface area contributed by atoms with Crippen molar-refractivity contribution in [2.24, 2.45) is 0 Å². The molecular formula is C21H16O2S. The molecule has 0 fully saturated rings. The molecule has 0 radical (unpaired) electrons. The molecule has 118 valence electrons. The lowest BCUT2D eigenvalue weighted by atomic mass is 10.1. The van der Waals surface area contributed by atoms with Crippen LogP contribution in [0.25, 0.3) is 11.1 Å². The van der Waals surface area contributed by atoms with Crippen LogP contribution >= 0.6 is 0 Å². The van der Waals surface area contributed by atoms with Crippen LogP contribution in [-0.2, 0) is 9.84 Å². The number of benzene rings is 3. The molecule has 0 atom stereocenters. The Labute approximate surface area is 142 Å². The predicted molar refractivity (Wildman–Crippen MR) is 97.3 cm³/mol. The molecule has 3 rings (SSSR count). The van der Waals surface area contributed by atoms with Gasteiger partial charge in [-0.25, -0.2) is 8.42 Å². The molecule has 0 N–H and O–H groups in total. The van der Waals surface area contributed by atoms with E-state index in [1.165, 1.54) is 0 Å². The van der Waals surface area contributed by atoms with Crippen molar-refractivity contribution >= 4 is 9.84 Å². The van der Waals surface area contributed by atoms with E-state index >= 15 is 0 Å². The Hall–Kier alpha value is -2.83. The number of hydrogen-bond donors (Lipinski definition) is 0. The van der Waals surface area contributed by atoms with Gasteiger partial charge in [-0.15, -0.1) is 0 Å². The summed E-state index contributed by atoms with van der Waals surface area (Å²) in [5.74, 6) is 5.44. The van der Waals surface area contributed by atoms with E-state index < -0.39 is 9.84 Å². The minimum atomic E-state index is -3.40. The van der Waals surface area contributed by atoms with E-state index in [1.807, 2.05) is 72.8 Å². The van der Waals surface area contributed by atoms with Crippen LogP contribution in [0.3, 0.4) is 0 Å². The summed E-state index contributed by atoms with van der Waals surface area (Å²) in [7, 11) is -3.40. The zero-order chi connectivity index (χ0) is 16.8. The average Bonchev–Trinajstić information content (AvgIpc) is 2.63. The van der Waals surface area contributed by atoms with Gasteiger partial charge in [0.15, 0.2) is 9.84 Å². The van der Waals surface area contributed by atoms with Gasteiger partial charge in [-0.3, -0.25) is 0 Å². The second kappa shape index (κ2) is 7.16. The molecule has 0 heterocycles. The quantitative estimate of drug-likeness (QED) is 0.674. The molecule has 0 aliphatic rings. The first kappa shape index (κ1) is 16.0. The van der Waals surface area contributed by atoms with Crippen LogP contribution < -0.4 is 0 Å². The Morgan fingerprint density at radius 1 is 0.667 bits per heavy atom. The predicted octanol–water partition coefficient (Wildman–Crippen LogP) is 4.18. The minimum absolute atomic E-state index is 0.188. The summed E-state index contributed by atoms with van der Waals surface area (Å²) < 4.78 is 24.7. The number of hydrogen-bond acceptors (Lipinski definition) is 2. The zero-order valence-electron chi connectivity index (χ0n) is 13.0. The molecule has 0 saturated carbocycles. The smallest absolute Gasteiger partial charge is 0.189 e. The summed E-state index contributed by atoms with van der Waals surface area (Å²) >= 11 is 0. The van der Waals surface area contributed by atoms with Gasteiger partial charge in [0.25, 0.3) is 0 Å². The molecule has 3 aromatic rings. The molecule has 3 heteroatoms. The summed E-state index contributed by atoms with van der Waals surface area (Å²) in [6.07, 6.45) is 0. The van der Waals surface area contributed by atoms with E-state index in [2.05, 4.69) is 11.8 Å². The largest absolute Gasteiger partial charge is 0.223 e. The van der Waals surface area contributed by atoms with E-state index in [-0.39, 0.29) is 5.75 Å². The van der Waals surface area contributed by atoms with Crippen molar-refractivity contribution in [3.63, 3.8) is 0 Å². The van der Waals surface area contributed by atoms with E-state index in [0.717, 1.165) is 16.7 Å². The zero-order valence-corrected chi connectivity index (χ0v) is 13.8. The van der Waals surface area contributed by atoms with Gasteiger partial charge in [0.2, 0.25) is 0 Å². The van der Waals surface area contributed by atoms with Crippen molar-refractivity contribution in [3.05, 3.63) is 90.5 Å². The van der Waals surface area contributed by atoms with Crippen molar-refractivity contribution < 1.29 is 8.42 Å². The molecule has 0 unspecified atom stereocenters.